The maximum absolute atomic E-state index is 13.0. The molecule has 1 rings (SSSR count). The Bertz CT molecular complexity index is 182. The first-order chi connectivity index (χ1) is 5.58. The largest absolute Gasteiger partial charge is 0.311 e. The first-order valence-electron chi connectivity index (χ1n) is 4.19. The summed E-state index contributed by atoms with van der Waals surface area (Å²) < 4.78 is 26.0. The lowest BCUT2D eigenvalue weighted by molar-refractivity contribution is -0.140. The summed E-state index contributed by atoms with van der Waals surface area (Å²) in [6.45, 7) is 1.79. The third-order valence-electron chi connectivity index (χ3n) is 2.22. The fourth-order valence-corrected chi connectivity index (χ4v) is 1.48. The highest BCUT2D eigenvalue weighted by atomic mass is 19.3. The molecule has 1 unspecified atom stereocenters. The molecule has 0 aromatic heterocycles. The fraction of sp³-hybridized carbons (Fsp3) is 0.875. The van der Waals surface area contributed by atoms with Crippen LogP contribution < -0.4 is 5.32 Å². The first-order valence-corrected chi connectivity index (χ1v) is 4.19. The van der Waals surface area contributed by atoms with Gasteiger partial charge in [-0.1, -0.05) is 6.92 Å². The molecule has 0 aromatic carbocycles. The molecule has 0 spiro atoms. The Kier molecular flexibility index (Phi) is 2.77. The van der Waals surface area contributed by atoms with E-state index >= 15 is 0 Å². The maximum atomic E-state index is 13.0. The predicted octanol–water partition coefficient (Wildman–Crippen LogP) is 1.21. The van der Waals surface area contributed by atoms with Crippen molar-refractivity contribution >= 4 is 5.78 Å². The minimum absolute atomic E-state index is 0.209. The van der Waals surface area contributed by atoms with Crippen LogP contribution in [0.1, 0.15) is 19.8 Å². The van der Waals surface area contributed by atoms with Crippen molar-refractivity contribution in [1.82, 2.24) is 5.32 Å². The normalized spacial score (nSPS) is 28.4. The molecular weight excluding hydrogens is 164 g/mol. The van der Waals surface area contributed by atoms with E-state index in [4.69, 9.17) is 0 Å². The summed E-state index contributed by atoms with van der Waals surface area (Å²) in [5.74, 6) is -4.21. The van der Waals surface area contributed by atoms with E-state index in [2.05, 4.69) is 5.32 Å². The zero-order chi connectivity index (χ0) is 9.19. The summed E-state index contributed by atoms with van der Waals surface area (Å²) in [6, 6.07) is 0. The predicted molar refractivity (Wildman–Crippen MR) is 41.2 cm³/mol. The number of halogens is 2. The number of hydrogen-bond donors (Lipinski definition) is 1. The molecule has 0 bridgehead atoms. The highest BCUT2D eigenvalue weighted by Gasteiger charge is 2.44. The van der Waals surface area contributed by atoms with Gasteiger partial charge in [-0.3, -0.25) is 4.79 Å². The van der Waals surface area contributed by atoms with Crippen LogP contribution in [-0.2, 0) is 4.79 Å². The van der Waals surface area contributed by atoms with Crippen LogP contribution in [0.3, 0.4) is 0 Å². The molecule has 0 saturated carbocycles. The van der Waals surface area contributed by atoms with Crippen LogP contribution in [0, 0.1) is 5.92 Å². The summed E-state index contributed by atoms with van der Waals surface area (Å²) in [5, 5.41) is 2.58. The van der Waals surface area contributed by atoms with E-state index in [1.807, 2.05) is 0 Å². The van der Waals surface area contributed by atoms with Gasteiger partial charge in [-0.2, -0.15) is 0 Å². The van der Waals surface area contributed by atoms with Crippen molar-refractivity contribution in [2.24, 2.45) is 5.92 Å². The minimum atomic E-state index is -2.84. The van der Waals surface area contributed by atoms with Gasteiger partial charge in [0.15, 0.2) is 0 Å². The molecule has 4 heteroatoms. The van der Waals surface area contributed by atoms with Crippen molar-refractivity contribution < 1.29 is 13.6 Å². The molecule has 1 saturated heterocycles. The minimum Gasteiger partial charge on any atom is -0.311 e. The Balaban J connectivity index is 2.66. The molecule has 1 aliphatic rings. The standard InChI is InChI=1S/C8H13F2NO/c1-2-7(12)6-3-4-11-5-8(6,9)10/h6,11H,2-5H2,1H3. The second-order valence-corrected chi connectivity index (χ2v) is 3.10. The van der Waals surface area contributed by atoms with E-state index < -0.39 is 11.8 Å². The lowest BCUT2D eigenvalue weighted by atomic mass is 9.89. The number of carbonyl (C=O) groups is 1. The molecule has 1 N–H and O–H groups in total. The van der Waals surface area contributed by atoms with Gasteiger partial charge in [-0.15, -0.1) is 0 Å². The summed E-state index contributed by atoms with van der Waals surface area (Å²) in [4.78, 5) is 11.1. The van der Waals surface area contributed by atoms with Crippen LogP contribution in [-0.4, -0.2) is 24.8 Å². The number of Topliss-reactive ketones (excluding diaryl/α,β-unsaturated/α-hetero) is 1. The molecule has 12 heavy (non-hydrogen) atoms. The van der Waals surface area contributed by atoms with Crippen molar-refractivity contribution in [2.45, 2.75) is 25.7 Å². The summed E-state index contributed by atoms with van der Waals surface area (Å²) in [7, 11) is 0. The Hall–Kier alpha value is -0.510. The number of ketones is 1. The zero-order valence-electron chi connectivity index (χ0n) is 7.07. The number of carbonyl (C=O) groups excluding carboxylic acids is 1. The molecule has 70 valence electrons. The van der Waals surface area contributed by atoms with Gasteiger partial charge in [0.1, 0.15) is 5.78 Å². The molecule has 1 heterocycles. The van der Waals surface area contributed by atoms with Gasteiger partial charge in [-0.05, 0) is 13.0 Å². The van der Waals surface area contributed by atoms with Crippen molar-refractivity contribution in [1.29, 1.82) is 0 Å². The van der Waals surface area contributed by atoms with Crippen LogP contribution in [0.4, 0.5) is 8.78 Å². The number of alkyl halides is 2. The number of hydrogen-bond acceptors (Lipinski definition) is 2. The molecule has 0 aliphatic carbocycles. The van der Waals surface area contributed by atoms with Crippen molar-refractivity contribution in [3.8, 4) is 0 Å². The third kappa shape index (κ3) is 1.80. The van der Waals surface area contributed by atoms with Gasteiger partial charge in [0.25, 0.3) is 5.92 Å². The summed E-state index contributed by atoms with van der Waals surface area (Å²) in [5.41, 5.74) is 0. The van der Waals surface area contributed by atoms with E-state index in [-0.39, 0.29) is 25.2 Å². The van der Waals surface area contributed by atoms with E-state index in [9.17, 15) is 13.6 Å². The summed E-state index contributed by atoms with van der Waals surface area (Å²) in [6.07, 6.45) is 0.472. The second-order valence-electron chi connectivity index (χ2n) is 3.10. The fourth-order valence-electron chi connectivity index (χ4n) is 1.48. The van der Waals surface area contributed by atoms with Crippen molar-refractivity contribution in [2.75, 3.05) is 13.1 Å². The molecular formula is C8H13F2NO. The molecule has 2 nitrogen and oxygen atoms in total. The van der Waals surface area contributed by atoms with Crippen molar-refractivity contribution in [3.63, 3.8) is 0 Å². The highest BCUT2D eigenvalue weighted by molar-refractivity contribution is 5.81. The van der Waals surface area contributed by atoms with Crippen LogP contribution in [0.5, 0.6) is 0 Å². The Morgan fingerprint density at radius 2 is 2.33 bits per heavy atom. The topological polar surface area (TPSA) is 29.1 Å². The Labute approximate surface area is 70.3 Å². The zero-order valence-corrected chi connectivity index (χ0v) is 7.07. The first kappa shape index (κ1) is 9.58. The highest BCUT2D eigenvalue weighted by Crippen LogP contribution is 2.30. The Morgan fingerprint density at radius 3 is 2.83 bits per heavy atom. The molecule has 0 amide bonds. The van der Waals surface area contributed by atoms with Gasteiger partial charge in [0.2, 0.25) is 0 Å². The number of nitrogens with one attached hydrogen (secondary N) is 1. The van der Waals surface area contributed by atoms with Gasteiger partial charge in [-0.25, -0.2) is 8.78 Å². The van der Waals surface area contributed by atoms with Crippen LogP contribution in [0.2, 0.25) is 0 Å². The third-order valence-corrected chi connectivity index (χ3v) is 2.22. The van der Waals surface area contributed by atoms with Crippen LogP contribution in [0.25, 0.3) is 0 Å². The Morgan fingerprint density at radius 1 is 1.67 bits per heavy atom. The molecule has 1 fully saturated rings. The van der Waals surface area contributed by atoms with Crippen LogP contribution in [0.15, 0.2) is 0 Å². The second kappa shape index (κ2) is 3.47. The lowest BCUT2D eigenvalue weighted by Crippen LogP contribution is -2.48. The summed E-state index contributed by atoms with van der Waals surface area (Å²) >= 11 is 0. The van der Waals surface area contributed by atoms with Gasteiger partial charge >= 0.3 is 0 Å². The van der Waals surface area contributed by atoms with Crippen molar-refractivity contribution in [3.05, 3.63) is 0 Å². The maximum Gasteiger partial charge on any atom is 0.269 e. The SMILES string of the molecule is CCC(=O)C1CCNCC1(F)F. The van der Waals surface area contributed by atoms with Gasteiger partial charge in [0, 0.05) is 6.42 Å². The van der Waals surface area contributed by atoms with E-state index in [1.54, 1.807) is 6.92 Å². The monoisotopic (exact) mass is 177 g/mol. The van der Waals surface area contributed by atoms with E-state index in [0.717, 1.165) is 0 Å². The van der Waals surface area contributed by atoms with Crippen LogP contribution >= 0.6 is 0 Å². The smallest absolute Gasteiger partial charge is 0.269 e. The number of piperidine rings is 1. The van der Waals surface area contributed by atoms with Gasteiger partial charge < -0.3 is 5.32 Å². The molecule has 1 atom stereocenters. The van der Waals surface area contributed by atoms with Gasteiger partial charge in [0.05, 0.1) is 12.5 Å². The average Bonchev–Trinajstić information content (AvgIpc) is 2.02. The quantitative estimate of drug-likeness (QED) is 0.687. The average molecular weight is 177 g/mol. The molecule has 1 aliphatic heterocycles. The molecule has 0 aromatic rings. The van der Waals surface area contributed by atoms with E-state index in [0.29, 0.717) is 6.54 Å². The number of rotatable bonds is 2. The van der Waals surface area contributed by atoms with E-state index in [1.165, 1.54) is 0 Å². The molecule has 0 radical (unpaired) electrons. The lowest BCUT2D eigenvalue weighted by Gasteiger charge is -2.30.